The van der Waals surface area contributed by atoms with Gasteiger partial charge < -0.3 is 36.1 Å². The summed E-state index contributed by atoms with van der Waals surface area (Å²) >= 11 is 0. The van der Waals surface area contributed by atoms with Gasteiger partial charge in [-0.05, 0) is 63.5 Å². The van der Waals surface area contributed by atoms with Crippen LogP contribution in [0.2, 0.25) is 0 Å². The van der Waals surface area contributed by atoms with Gasteiger partial charge in [-0.2, -0.15) is 0 Å². The highest BCUT2D eigenvalue weighted by molar-refractivity contribution is 5.96. The minimum Gasteiger partial charge on any atom is -0.480 e. The molecule has 5 atom stereocenters. The Labute approximate surface area is 252 Å². The zero-order chi connectivity index (χ0) is 31.5. The average Bonchev–Trinajstić information content (AvgIpc) is 3.67. The lowest BCUT2D eigenvalue weighted by atomic mass is 10.0. The fraction of sp³-hybridized carbons (Fsp3) is 0.613. The van der Waals surface area contributed by atoms with E-state index in [1.165, 1.54) is 11.8 Å². The Kier molecular flexibility index (Phi) is 12.7. The van der Waals surface area contributed by atoms with E-state index < -0.39 is 53.9 Å². The third-order valence-corrected chi connectivity index (χ3v) is 7.85. The number of aliphatic carboxylic acids is 1. The molecule has 5 N–H and O–H groups in total. The molecule has 0 aliphatic carbocycles. The highest BCUT2D eigenvalue weighted by Crippen LogP contribution is 2.21. The van der Waals surface area contributed by atoms with Crippen LogP contribution in [0.1, 0.15) is 71.3 Å². The van der Waals surface area contributed by atoms with Crippen LogP contribution in [0, 0.1) is 5.92 Å². The molecule has 0 saturated carbocycles. The highest BCUT2D eigenvalue weighted by Gasteiger charge is 2.40. The van der Waals surface area contributed by atoms with E-state index in [0.29, 0.717) is 32.2 Å². The summed E-state index contributed by atoms with van der Waals surface area (Å²) in [6, 6.07) is 4.52. The van der Waals surface area contributed by atoms with Crippen LogP contribution in [0.4, 0.5) is 0 Å². The van der Waals surface area contributed by atoms with Crippen molar-refractivity contribution in [3.05, 3.63) is 35.9 Å². The summed E-state index contributed by atoms with van der Waals surface area (Å²) in [7, 11) is 0. The first-order valence-electron chi connectivity index (χ1n) is 15.2. The molecular formula is C31H45N5O7. The molecule has 1 aromatic carbocycles. The van der Waals surface area contributed by atoms with E-state index >= 15 is 0 Å². The molecule has 2 aliphatic heterocycles. The number of nitrogens with zero attached hydrogens (tertiary/aromatic N) is 1. The van der Waals surface area contributed by atoms with Gasteiger partial charge in [-0.3, -0.25) is 19.2 Å². The maximum Gasteiger partial charge on any atom is 0.326 e. The first-order valence-corrected chi connectivity index (χ1v) is 15.2. The third kappa shape index (κ3) is 10.2. The van der Waals surface area contributed by atoms with Gasteiger partial charge in [0.15, 0.2) is 0 Å². The standard InChI is InChI=1S/C31H45N5O7/c1-19(2)17-24(34-28(39)23(14-13-20(3)37)33-27(38)22-11-7-15-32-22)30(41)36-16-8-12-26(36)29(40)35-25(31(42)43)18-21-9-5-4-6-10-21/h4-6,9-10,19,22-26,32H,7-8,11-18H2,1-3H3,(H,33,38)(H,34,39)(H,35,40)(H,42,43)/t22-,23-,24-,25-,26-/m0/s1. The van der Waals surface area contributed by atoms with E-state index in [0.717, 1.165) is 12.0 Å². The van der Waals surface area contributed by atoms with Crippen molar-refractivity contribution < 1.29 is 33.9 Å². The number of Topliss-reactive ketones (excluding diaryl/α,β-unsaturated/α-hetero) is 1. The molecule has 3 rings (SSSR count). The fourth-order valence-electron chi connectivity index (χ4n) is 5.58. The molecule has 12 nitrogen and oxygen atoms in total. The van der Waals surface area contributed by atoms with Crippen molar-refractivity contribution in [1.82, 2.24) is 26.2 Å². The summed E-state index contributed by atoms with van der Waals surface area (Å²) in [5, 5.41) is 21.0. The smallest absolute Gasteiger partial charge is 0.326 e. The van der Waals surface area contributed by atoms with Gasteiger partial charge in [0.25, 0.3) is 0 Å². The molecule has 2 heterocycles. The Morgan fingerprint density at radius 1 is 0.930 bits per heavy atom. The number of carboxylic acids is 1. The number of rotatable bonds is 15. The molecule has 0 spiro atoms. The zero-order valence-electron chi connectivity index (χ0n) is 25.3. The van der Waals surface area contributed by atoms with Crippen LogP contribution in [-0.2, 0) is 35.2 Å². The van der Waals surface area contributed by atoms with Crippen molar-refractivity contribution in [2.45, 2.75) is 102 Å². The van der Waals surface area contributed by atoms with Crippen molar-refractivity contribution >= 4 is 35.4 Å². The van der Waals surface area contributed by atoms with Gasteiger partial charge in [-0.25, -0.2) is 4.79 Å². The quantitative estimate of drug-likeness (QED) is 0.198. The molecule has 2 saturated heterocycles. The van der Waals surface area contributed by atoms with E-state index in [2.05, 4.69) is 21.3 Å². The summed E-state index contributed by atoms with van der Waals surface area (Å²) < 4.78 is 0. The summed E-state index contributed by atoms with van der Waals surface area (Å²) in [4.78, 5) is 78.4. The summed E-state index contributed by atoms with van der Waals surface area (Å²) in [6.07, 6.45) is 2.97. The van der Waals surface area contributed by atoms with Crippen LogP contribution >= 0.6 is 0 Å². The molecule has 43 heavy (non-hydrogen) atoms. The molecule has 236 valence electrons. The van der Waals surface area contributed by atoms with E-state index in [-0.39, 0.29) is 43.4 Å². The second-order valence-electron chi connectivity index (χ2n) is 11.9. The van der Waals surface area contributed by atoms with Gasteiger partial charge in [0.2, 0.25) is 23.6 Å². The van der Waals surface area contributed by atoms with Gasteiger partial charge in [0, 0.05) is 19.4 Å². The molecule has 0 unspecified atom stereocenters. The SMILES string of the molecule is CC(=O)CC[C@H](NC(=O)[C@@H]1CCCN1)C(=O)N[C@@H](CC(C)C)C(=O)N1CCC[C@H]1C(=O)N[C@@H](Cc1ccccc1)C(=O)O. The number of nitrogens with one attached hydrogen (secondary N) is 4. The van der Waals surface area contributed by atoms with Crippen molar-refractivity contribution in [2.75, 3.05) is 13.1 Å². The Morgan fingerprint density at radius 3 is 2.23 bits per heavy atom. The fourth-order valence-corrected chi connectivity index (χ4v) is 5.58. The first-order chi connectivity index (χ1) is 20.5. The molecule has 0 bridgehead atoms. The molecule has 2 aliphatic rings. The molecule has 0 aromatic heterocycles. The zero-order valence-corrected chi connectivity index (χ0v) is 25.3. The monoisotopic (exact) mass is 599 g/mol. The van der Waals surface area contributed by atoms with Crippen LogP contribution in [0.25, 0.3) is 0 Å². The van der Waals surface area contributed by atoms with Crippen molar-refractivity contribution in [3.63, 3.8) is 0 Å². The highest BCUT2D eigenvalue weighted by atomic mass is 16.4. The Morgan fingerprint density at radius 2 is 1.63 bits per heavy atom. The third-order valence-electron chi connectivity index (χ3n) is 7.85. The van der Waals surface area contributed by atoms with Gasteiger partial charge in [0.1, 0.15) is 30.0 Å². The minimum atomic E-state index is -1.18. The minimum absolute atomic E-state index is 0.0133. The van der Waals surface area contributed by atoms with Gasteiger partial charge in [-0.1, -0.05) is 44.2 Å². The number of carbonyl (C=O) groups excluding carboxylic acids is 5. The van der Waals surface area contributed by atoms with E-state index in [4.69, 9.17) is 0 Å². The number of carboxylic acid groups (broad SMARTS) is 1. The average molecular weight is 600 g/mol. The summed E-state index contributed by atoms with van der Waals surface area (Å²) in [5.41, 5.74) is 0.754. The molecule has 2 fully saturated rings. The van der Waals surface area contributed by atoms with Crippen LogP contribution in [0.3, 0.4) is 0 Å². The Bertz CT molecular complexity index is 1150. The predicted octanol–water partition coefficient (Wildman–Crippen LogP) is 0.926. The number of ketones is 1. The largest absolute Gasteiger partial charge is 0.480 e. The number of likely N-dealkylation sites (tertiary alicyclic amines) is 1. The second kappa shape index (κ2) is 16.2. The van der Waals surface area contributed by atoms with Crippen molar-refractivity contribution in [1.29, 1.82) is 0 Å². The number of carbonyl (C=O) groups is 6. The Balaban J connectivity index is 1.72. The normalized spacial score (nSPS) is 20.2. The molecule has 1 aromatic rings. The molecule has 0 radical (unpaired) electrons. The van der Waals surface area contributed by atoms with Crippen molar-refractivity contribution in [3.8, 4) is 0 Å². The molecule has 4 amide bonds. The number of hydrogen-bond acceptors (Lipinski definition) is 7. The van der Waals surface area contributed by atoms with Gasteiger partial charge in [0.05, 0.1) is 6.04 Å². The summed E-state index contributed by atoms with van der Waals surface area (Å²) in [5.74, 6) is -3.18. The lowest BCUT2D eigenvalue weighted by Crippen LogP contribution is -2.58. The molecule has 12 heteroatoms. The van der Waals surface area contributed by atoms with E-state index in [9.17, 15) is 33.9 Å². The van der Waals surface area contributed by atoms with E-state index in [1.54, 1.807) is 24.3 Å². The van der Waals surface area contributed by atoms with Crippen molar-refractivity contribution in [2.24, 2.45) is 5.92 Å². The maximum absolute atomic E-state index is 13.8. The predicted molar refractivity (Wildman–Crippen MR) is 159 cm³/mol. The Hall–Kier alpha value is -3.80. The van der Waals surface area contributed by atoms with Crippen LogP contribution in [0.5, 0.6) is 0 Å². The maximum atomic E-state index is 13.8. The van der Waals surface area contributed by atoms with E-state index in [1.807, 2.05) is 19.9 Å². The van der Waals surface area contributed by atoms with Gasteiger partial charge >= 0.3 is 5.97 Å². The number of amides is 4. The second-order valence-corrected chi connectivity index (χ2v) is 11.9. The van der Waals surface area contributed by atoms with Crippen LogP contribution in [0.15, 0.2) is 30.3 Å². The lowest BCUT2D eigenvalue weighted by molar-refractivity contribution is -0.145. The number of hydrogen-bond donors (Lipinski definition) is 5. The van der Waals surface area contributed by atoms with Gasteiger partial charge in [-0.15, -0.1) is 0 Å². The first kappa shape index (κ1) is 33.7. The number of benzene rings is 1. The van der Waals surface area contributed by atoms with Crippen LogP contribution < -0.4 is 21.3 Å². The summed E-state index contributed by atoms with van der Waals surface area (Å²) in [6.45, 7) is 6.21. The lowest BCUT2D eigenvalue weighted by Gasteiger charge is -2.31. The topological polar surface area (TPSA) is 174 Å². The van der Waals surface area contributed by atoms with Crippen LogP contribution in [-0.4, -0.2) is 88.7 Å². The molecular weight excluding hydrogens is 554 g/mol.